The molecule has 2 rings (SSSR count). The van der Waals surface area contributed by atoms with E-state index in [4.69, 9.17) is 0 Å². The molecule has 1 atom stereocenters. The molecule has 1 aromatic rings. The third-order valence-corrected chi connectivity index (χ3v) is 4.32. The zero-order valence-electron chi connectivity index (χ0n) is 11.3. The molecule has 2 heterocycles. The van der Waals surface area contributed by atoms with Gasteiger partial charge in [-0.3, -0.25) is 5.32 Å². The number of rotatable bonds is 1. The Balaban J connectivity index is 2.11. The van der Waals surface area contributed by atoms with Gasteiger partial charge in [0.2, 0.25) is 5.13 Å². The number of urea groups is 1. The van der Waals surface area contributed by atoms with E-state index in [9.17, 15) is 18.0 Å². The molecule has 1 fully saturated rings. The van der Waals surface area contributed by atoms with Crippen LogP contribution in [0.15, 0.2) is 0 Å². The second-order valence-corrected chi connectivity index (χ2v) is 6.43. The zero-order valence-corrected chi connectivity index (χ0v) is 12.1. The summed E-state index contributed by atoms with van der Waals surface area (Å²) in [5.41, 5.74) is -1.28. The van der Waals surface area contributed by atoms with Gasteiger partial charge in [-0.25, -0.2) is 4.79 Å². The van der Waals surface area contributed by atoms with Gasteiger partial charge in [-0.05, 0) is 27.2 Å². The van der Waals surface area contributed by atoms with Gasteiger partial charge in [0.05, 0.1) is 11.5 Å². The summed E-state index contributed by atoms with van der Waals surface area (Å²) < 4.78 is 38.8. The molecule has 0 bridgehead atoms. The number of carbonyl (C=O) groups excluding carboxylic acids is 1. The summed E-state index contributed by atoms with van der Waals surface area (Å²) in [5.74, 6) is -1.52. The van der Waals surface area contributed by atoms with Gasteiger partial charge in [-0.2, -0.15) is 13.2 Å². The minimum Gasteiger partial charge on any atom is -0.319 e. The lowest BCUT2D eigenvalue weighted by atomic mass is 9.88. The van der Waals surface area contributed by atoms with E-state index in [2.05, 4.69) is 15.5 Å². The highest BCUT2D eigenvalue weighted by Gasteiger charge is 2.56. The maximum Gasteiger partial charge on any atom is 0.394 e. The van der Waals surface area contributed by atoms with E-state index in [1.165, 1.54) is 30.1 Å². The molecule has 1 aliphatic rings. The number of amides is 2. The lowest BCUT2D eigenvalue weighted by Crippen LogP contribution is -2.51. The third-order valence-electron chi connectivity index (χ3n) is 3.57. The molecule has 0 spiro atoms. The monoisotopic (exact) mass is 308 g/mol. The second-order valence-electron chi connectivity index (χ2n) is 5.24. The highest BCUT2D eigenvalue weighted by Crippen LogP contribution is 2.44. The zero-order chi connectivity index (χ0) is 15.1. The molecule has 0 radical (unpaired) electrons. The van der Waals surface area contributed by atoms with Crippen molar-refractivity contribution in [2.75, 3.05) is 11.9 Å². The Kier molecular flexibility index (Phi) is 3.66. The van der Waals surface area contributed by atoms with Crippen molar-refractivity contribution in [1.29, 1.82) is 0 Å². The Morgan fingerprint density at radius 1 is 1.45 bits per heavy atom. The van der Waals surface area contributed by atoms with Crippen LogP contribution in [0.4, 0.5) is 23.1 Å². The molecular weight excluding hydrogens is 293 g/mol. The molecule has 1 N–H and O–H groups in total. The first-order valence-corrected chi connectivity index (χ1v) is 6.89. The van der Waals surface area contributed by atoms with Crippen LogP contribution in [0.2, 0.25) is 0 Å². The van der Waals surface area contributed by atoms with Gasteiger partial charge in [-0.15, -0.1) is 10.2 Å². The maximum absolute atomic E-state index is 12.9. The van der Waals surface area contributed by atoms with Crippen LogP contribution in [0, 0.1) is 12.8 Å². The number of aryl methyl sites for hydroxylation is 1. The smallest absolute Gasteiger partial charge is 0.319 e. The van der Waals surface area contributed by atoms with Crippen LogP contribution < -0.4 is 5.32 Å². The van der Waals surface area contributed by atoms with E-state index < -0.39 is 23.7 Å². The minimum atomic E-state index is -4.31. The Bertz CT molecular complexity index is 514. The molecule has 0 aromatic carbocycles. The number of alkyl halides is 3. The lowest BCUT2D eigenvalue weighted by Gasteiger charge is -2.36. The summed E-state index contributed by atoms with van der Waals surface area (Å²) in [7, 11) is 0. The first-order valence-electron chi connectivity index (χ1n) is 6.08. The van der Waals surface area contributed by atoms with Crippen molar-refractivity contribution in [2.45, 2.75) is 38.9 Å². The Morgan fingerprint density at radius 3 is 2.55 bits per heavy atom. The van der Waals surface area contributed by atoms with Crippen LogP contribution in [0.25, 0.3) is 0 Å². The van der Waals surface area contributed by atoms with Gasteiger partial charge in [0, 0.05) is 6.54 Å². The molecule has 1 aromatic heterocycles. The van der Waals surface area contributed by atoms with Gasteiger partial charge >= 0.3 is 12.2 Å². The molecule has 0 saturated carbocycles. The number of hydrogen-bond donors (Lipinski definition) is 1. The summed E-state index contributed by atoms with van der Waals surface area (Å²) in [6.45, 7) is 4.67. The third kappa shape index (κ3) is 2.72. The average molecular weight is 308 g/mol. The largest absolute Gasteiger partial charge is 0.394 e. The Hall–Kier alpha value is -1.38. The van der Waals surface area contributed by atoms with Gasteiger partial charge in [0.1, 0.15) is 5.01 Å². The van der Waals surface area contributed by atoms with Gasteiger partial charge in [-0.1, -0.05) is 11.3 Å². The van der Waals surface area contributed by atoms with E-state index in [1.807, 2.05) is 0 Å². The van der Waals surface area contributed by atoms with Crippen molar-refractivity contribution >= 4 is 22.5 Å². The summed E-state index contributed by atoms with van der Waals surface area (Å²) in [4.78, 5) is 13.3. The van der Waals surface area contributed by atoms with Crippen molar-refractivity contribution in [3.8, 4) is 0 Å². The van der Waals surface area contributed by atoms with Crippen LogP contribution in [-0.4, -0.2) is 39.4 Å². The van der Waals surface area contributed by atoms with Crippen molar-refractivity contribution in [1.82, 2.24) is 15.1 Å². The van der Waals surface area contributed by atoms with Crippen LogP contribution >= 0.6 is 11.3 Å². The fourth-order valence-corrected chi connectivity index (χ4v) is 3.10. The summed E-state index contributed by atoms with van der Waals surface area (Å²) >= 11 is 1.18. The highest BCUT2D eigenvalue weighted by atomic mass is 32.1. The van der Waals surface area contributed by atoms with Gasteiger partial charge in [0.15, 0.2) is 0 Å². The Morgan fingerprint density at radius 2 is 2.10 bits per heavy atom. The average Bonchev–Trinajstić information content (AvgIpc) is 2.80. The molecule has 0 aliphatic carbocycles. The number of hydrogen-bond acceptors (Lipinski definition) is 4. The van der Waals surface area contributed by atoms with Crippen molar-refractivity contribution in [3.05, 3.63) is 5.01 Å². The molecule has 20 heavy (non-hydrogen) atoms. The van der Waals surface area contributed by atoms with Crippen molar-refractivity contribution < 1.29 is 18.0 Å². The molecule has 1 saturated heterocycles. The van der Waals surface area contributed by atoms with E-state index >= 15 is 0 Å². The fourth-order valence-electron chi connectivity index (χ4n) is 2.52. The first-order chi connectivity index (χ1) is 9.12. The van der Waals surface area contributed by atoms with E-state index in [0.717, 1.165) is 0 Å². The molecule has 9 heteroatoms. The quantitative estimate of drug-likeness (QED) is 0.867. The number of nitrogens with zero attached hydrogens (tertiary/aromatic N) is 3. The number of anilines is 1. The van der Waals surface area contributed by atoms with Crippen LogP contribution in [0.3, 0.4) is 0 Å². The summed E-state index contributed by atoms with van der Waals surface area (Å²) in [6, 6.07) is -0.571. The SMILES string of the molecule is Cc1nnc(NC(=O)N2CC[C@H](C(F)(F)F)C2(C)C)s1. The van der Waals surface area contributed by atoms with Crippen molar-refractivity contribution in [3.63, 3.8) is 0 Å². The molecule has 112 valence electrons. The minimum absolute atomic E-state index is 0.0702. The standard InChI is InChI=1S/C11H15F3N4OS/c1-6-16-17-8(20-6)15-9(19)18-5-4-7(10(18,2)3)11(12,13)14/h7H,4-5H2,1-3H3,(H,15,17,19)/t7-/m0/s1. The topological polar surface area (TPSA) is 58.1 Å². The fraction of sp³-hybridized carbons (Fsp3) is 0.727. The van der Waals surface area contributed by atoms with E-state index in [1.54, 1.807) is 6.92 Å². The van der Waals surface area contributed by atoms with Crippen LogP contribution in [0.1, 0.15) is 25.3 Å². The maximum atomic E-state index is 12.9. The predicted octanol–water partition coefficient (Wildman–Crippen LogP) is 3.04. The predicted molar refractivity (Wildman–Crippen MR) is 68.6 cm³/mol. The number of halogens is 3. The highest BCUT2D eigenvalue weighted by molar-refractivity contribution is 7.15. The molecule has 2 amide bonds. The van der Waals surface area contributed by atoms with Crippen LogP contribution in [-0.2, 0) is 0 Å². The number of nitrogens with one attached hydrogen (secondary N) is 1. The lowest BCUT2D eigenvalue weighted by molar-refractivity contribution is -0.189. The van der Waals surface area contributed by atoms with E-state index in [0.29, 0.717) is 10.1 Å². The first kappa shape index (κ1) is 15.0. The normalized spacial score (nSPS) is 22.1. The van der Waals surface area contributed by atoms with Crippen molar-refractivity contribution in [2.24, 2.45) is 5.92 Å². The second kappa shape index (κ2) is 4.87. The van der Waals surface area contributed by atoms with Gasteiger partial charge in [0.25, 0.3) is 0 Å². The molecule has 0 unspecified atom stereocenters. The number of carbonyl (C=O) groups is 1. The van der Waals surface area contributed by atoms with Crippen LogP contribution in [0.5, 0.6) is 0 Å². The molecule has 5 nitrogen and oxygen atoms in total. The van der Waals surface area contributed by atoms with E-state index in [-0.39, 0.29) is 13.0 Å². The summed E-state index contributed by atoms with van der Waals surface area (Å²) in [6.07, 6.45) is -4.39. The summed E-state index contributed by atoms with van der Waals surface area (Å²) in [5, 5.41) is 10.9. The number of aromatic nitrogens is 2. The molecular formula is C11H15F3N4OS. The van der Waals surface area contributed by atoms with Gasteiger partial charge < -0.3 is 4.90 Å². The molecule has 1 aliphatic heterocycles. The number of likely N-dealkylation sites (tertiary alicyclic amines) is 1. The Labute approximate surface area is 118 Å².